The second-order valence-electron chi connectivity index (χ2n) is 4.21. The Kier molecular flexibility index (Phi) is 5.32. The lowest BCUT2D eigenvalue weighted by Gasteiger charge is -2.15. The Balaban J connectivity index is 2.23. The van der Waals surface area contributed by atoms with Crippen molar-refractivity contribution in [2.24, 2.45) is 5.73 Å². The highest BCUT2D eigenvalue weighted by molar-refractivity contribution is 9.10. The highest BCUT2D eigenvalue weighted by atomic mass is 79.9. The van der Waals surface area contributed by atoms with Crippen molar-refractivity contribution >= 4 is 55.1 Å². The molecule has 2 N–H and O–H groups in total. The molecule has 1 atom stereocenters. The van der Waals surface area contributed by atoms with Crippen LogP contribution in [-0.2, 0) is 6.42 Å². The summed E-state index contributed by atoms with van der Waals surface area (Å²) in [6.07, 6.45) is 0.646. The summed E-state index contributed by atoms with van der Waals surface area (Å²) in [5.74, 6) is 0. The Morgan fingerprint density at radius 2 is 1.53 bits per heavy atom. The standard InChI is InChI=1S/C14H11Br2Cl2N/c15-9-2-1-8(12(17)6-9)5-14(19)11-4-3-10(16)7-13(11)18/h1-4,6-7,14H,5,19H2. The van der Waals surface area contributed by atoms with E-state index in [0.29, 0.717) is 16.5 Å². The van der Waals surface area contributed by atoms with Crippen LogP contribution in [0.25, 0.3) is 0 Å². The molecule has 1 unspecified atom stereocenters. The summed E-state index contributed by atoms with van der Waals surface area (Å²) in [7, 11) is 0. The van der Waals surface area contributed by atoms with Crippen molar-refractivity contribution in [2.75, 3.05) is 0 Å². The minimum Gasteiger partial charge on any atom is -0.324 e. The Labute approximate surface area is 139 Å². The fraction of sp³-hybridized carbons (Fsp3) is 0.143. The molecule has 0 aliphatic heterocycles. The van der Waals surface area contributed by atoms with Gasteiger partial charge in [0.15, 0.2) is 0 Å². The number of rotatable bonds is 3. The molecule has 5 heteroatoms. The molecule has 0 heterocycles. The third kappa shape index (κ3) is 3.96. The van der Waals surface area contributed by atoms with Crippen molar-refractivity contribution in [2.45, 2.75) is 12.5 Å². The minimum atomic E-state index is -0.181. The van der Waals surface area contributed by atoms with Gasteiger partial charge in [-0.25, -0.2) is 0 Å². The maximum absolute atomic E-state index is 6.21. The zero-order chi connectivity index (χ0) is 14.0. The molecular formula is C14H11Br2Cl2N. The van der Waals surface area contributed by atoms with Crippen molar-refractivity contribution in [3.05, 3.63) is 66.5 Å². The van der Waals surface area contributed by atoms with Crippen molar-refractivity contribution < 1.29 is 0 Å². The van der Waals surface area contributed by atoms with Crippen molar-refractivity contribution in [3.8, 4) is 0 Å². The van der Waals surface area contributed by atoms with Gasteiger partial charge in [0.1, 0.15) is 0 Å². The van der Waals surface area contributed by atoms with Gasteiger partial charge in [-0.3, -0.25) is 0 Å². The first-order valence-corrected chi connectivity index (χ1v) is 7.96. The first-order chi connectivity index (χ1) is 8.97. The van der Waals surface area contributed by atoms with Crippen molar-refractivity contribution in [1.82, 2.24) is 0 Å². The molecule has 0 spiro atoms. The van der Waals surface area contributed by atoms with Gasteiger partial charge in [0.05, 0.1) is 0 Å². The molecule has 0 bridgehead atoms. The van der Waals surface area contributed by atoms with Gasteiger partial charge in [0.25, 0.3) is 0 Å². The molecule has 0 saturated carbocycles. The van der Waals surface area contributed by atoms with E-state index < -0.39 is 0 Å². The summed E-state index contributed by atoms with van der Waals surface area (Å²) in [4.78, 5) is 0. The maximum Gasteiger partial charge on any atom is 0.0465 e. The maximum atomic E-state index is 6.21. The average Bonchev–Trinajstić information content (AvgIpc) is 2.32. The summed E-state index contributed by atoms with van der Waals surface area (Å²) in [6, 6.07) is 11.3. The number of hydrogen-bond donors (Lipinski definition) is 1. The number of halogens is 4. The van der Waals surface area contributed by atoms with Crippen LogP contribution in [0.4, 0.5) is 0 Å². The summed E-state index contributed by atoms with van der Waals surface area (Å²) >= 11 is 19.2. The van der Waals surface area contributed by atoms with Crippen molar-refractivity contribution in [3.63, 3.8) is 0 Å². The van der Waals surface area contributed by atoms with Gasteiger partial charge in [-0.2, -0.15) is 0 Å². The lowest BCUT2D eigenvalue weighted by atomic mass is 10.00. The molecule has 0 aliphatic rings. The Hall–Kier alpha value is -0.0600. The van der Waals surface area contributed by atoms with Crippen molar-refractivity contribution in [1.29, 1.82) is 0 Å². The van der Waals surface area contributed by atoms with Gasteiger partial charge in [0, 0.05) is 25.0 Å². The highest BCUT2D eigenvalue weighted by Gasteiger charge is 2.13. The van der Waals surface area contributed by atoms with Gasteiger partial charge >= 0.3 is 0 Å². The van der Waals surface area contributed by atoms with Crippen LogP contribution in [0.3, 0.4) is 0 Å². The smallest absolute Gasteiger partial charge is 0.0465 e. The highest BCUT2D eigenvalue weighted by Crippen LogP contribution is 2.29. The molecule has 0 radical (unpaired) electrons. The first-order valence-electron chi connectivity index (χ1n) is 5.62. The van der Waals surface area contributed by atoms with Gasteiger partial charge < -0.3 is 5.73 Å². The molecule has 100 valence electrons. The molecule has 0 fully saturated rings. The van der Waals surface area contributed by atoms with Gasteiger partial charge in [0.2, 0.25) is 0 Å². The van der Waals surface area contributed by atoms with Crippen LogP contribution in [0.2, 0.25) is 10.0 Å². The van der Waals surface area contributed by atoms with E-state index in [0.717, 1.165) is 20.1 Å². The first kappa shape index (κ1) is 15.3. The lowest BCUT2D eigenvalue weighted by molar-refractivity contribution is 0.722. The van der Waals surface area contributed by atoms with E-state index in [1.807, 2.05) is 36.4 Å². The quantitative estimate of drug-likeness (QED) is 0.667. The van der Waals surface area contributed by atoms with Crippen LogP contribution in [0, 0.1) is 0 Å². The summed E-state index contributed by atoms with van der Waals surface area (Å²) in [6.45, 7) is 0. The molecule has 0 saturated heterocycles. The Morgan fingerprint density at radius 3 is 2.11 bits per heavy atom. The van der Waals surface area contributed by atoms with Gasteiger partial charge in [-0.1, -0.05) is 67.2 Å². The monoisotopic (exact) mass is 421 g/mol. The van der Waals surface area contributed by atoms with E-state index in [1.54, 1.807) is 0 Å². The van der Waals surface area contributed by atoms with E-state index in [4.69, 9.17) is 28.9 Å². The van der Waals surface area contributed by atoms with Crippen LogP contribution in [0.1, 0.15) is 17.2 Å². The molecule has 2 rings (SSSR count). The molecule has 19 heavy (non-hydrogen) atoms. The SMILES string of the molecule is NC(Cc1ccc(Br)cc1Cl)c1ccc(Br)cc1Cl. The van der Waals surface area contributed by atoms with E-state index in [1.165, 1.54) is 0 Å². The third-order valence-corrected chi connectivity index (χ3v) is 4.48. The number of nitrogens with two attached hydrogens (primary N) is 1. The largest absolute Gasteiger partial charge is 0.324 e. The molecule has 0 amide bonds. The Bertz CT molecular complexity index is 602. The normalized spacial score (nSPS) is 12.5. The fourth-order valence-corrected chi connectivity index (χ4v) is 3.40. The summed E-state index contributed by atoms with van der Waals surface area (Å²) < 4.78 is 1.90. The van der Waals surface area contributed by atoms with Crippen LogP contribution in [0.15, 0.2) is 45.3 Å². The van der Waals surface area contributed by atoms with Crippen LogP contribution >= 0.6 is 55.1 Å². The molecule has 0 aliphatic carbocycles. The van der Waals surface area contributed by atoms with Gasteiger partial charge in [-0.15, -0.1) is 0 Å². The third-order valence-electron chi connectivity index (χ3n) is 2.82. The zero-order valence-electron chi connectivity index (χ0n) is 9.84. The van der Waals surface area contributed by atoms with E-state index in [9.17, 15) is 0 Å². The van der Waals surface area contributed by atoms with E-state index >= 15 is 0 Å². The van der Waals surface area contributed by atoms with Gasteiger partial charge in [-0.05, 0) is 41.8 Å². The molecular weight excluding hydrogens is 413 g/mol. The minimum absolute atomic E-state index is 0.181. The zero-order valence-corrected chi connectivity index (χ0v) is 14.5. The predicted molar refractivity (Wildman–Crippen MR) is 88.9 cm³/mol. The molecule has 2 aromatic carbocycles. The fourth-order valence-electron chi connectivity index (χ4n) is 1.84. The van der Waals surface area contributed by atoms with Crippen LogP contribution in [-0.4, -0.2) is 0 Å². The number of benzene rings is 2. The molecule has 2 aromatic rings. The summed E-state index contributed by atoms with van der Waals surface area (Å²) in [5, 5.41) is 1.37. The lowest BCUT2D eigenvalue weighted by Crippen LogP contribution is -2.14. The average molecular weight is 424 g/mol. The Morgan fingerprint density at radius 1 is 0.947 bits per heavy atom. The second-order valence-corrected chi connectivity index (χ2v) is 6.86. The van der Waals surface area contributed by atoms with E-state index in [2.05, 4.69) is 31.9 Å². The van der Waals surface area contributed by atoms with E-state index in [-0.39, 0.29) is 6.04 Å². The number of hydrogen-bond acceptors (Lipinski definition) is 1. The summed E-state index contributed by atoms with van der Waals surface area (Å²) in [5.41, 5.74) is 8.15. The topological polar surface area (TPSA) is 26.0 Å². The molecule has 0 aromatic heterocycles. The molecule has 1 nitrogen and oxygen atoms in total. The van der Waals surface area contributed by atoms with Crippen LogP contribution in [0.5, 0.6) is 0 Å². The predicted octanol–water partition coefficient (Wildman–Crippen LogP) is 5.76. The van der Waals surface area contributed by atoms with Crippen LogP contribution < -0.4 is 5.73 Å². The second kappa shape index (κ2) is 6.59.